The standard InChI is InChI=1S/C21H21BrCl3NO7S/c1-12(2)17(20(29)32-10-13-4-6-14(31-3)7-5-13)26-18(28)16(22)19(26)34(30)9-8-15(27)33-11-21(23,24)25/h4-9,16,19H,10-11H2,1-3H3/t16-,19+,34?/m0/s1. The molecule has 1 aromatic carbocycles. The van der Waals surface area contributed by atoms with Crippen molar-refractivity contribution in [3.8, 4) is 5.75 Å². The van der Waals surface area contributed by atoms with E-state index >= 15 is 0 Å². The van der Waals surface area contributed by atoms with Crippen LogP contribution in [0.2, 0.25) is 0 Å². The van der Waals surface area contributed by atoms with E-state index in [0.717, 1.165) is 16.4 Å². The van der Waals surface area contributed by atoms with Crippen molar-refractivity contribution in [3.05, 3.63) is 52.6 Å². The second-order valence-corrected chi connectivity index (χ2v) is 12.0. The molecule has 34 heavy (non-hydrogen) atoms. The molecule has 1 aromatic rings. The van der Waals surface area contributed by atoms with Crippen LogP contribution in [0.4, 0.5) is 0 Å². The first kappa shape index (κ1) is 28.6. The Bertz CT molecular complexity index is 1020. The van der Waals surface area contributed by atoms with E-state index in [1.165, 1.54) is 0 Å². The summed E-state index contributed by atoms with van der Waals surface area (Å²) in [6.07, 6.45) is 0.900. The molecule has 1 fully saturated rings. The maximum Gasteiger partial charge on any atom is 0.355 e. The van der Waals surface area contributed by atoms with Crippen LogP contribution in [0.3, 0.4) is 0 Å². The van der Waals surface area contributed by atoms with Gasteiger partial charge in [0.2, 0.25) is 9.70 Å². The molecule has 0 radical (unpaired) electrons. The van der Waals surface area contributed by atoms with Crippen molar-refractivity contribution in [3.63, 3.8) is 0 Å². The Morgan fingerprint density at radius 1 is 1.18 bits per heavy atom. The number of alkyl halides is 4. The Hall–Kier alpha value is -1.59. The summed E-state index contributed by atoms with van der Waals surface area (Å²) in [6.45, 7) is 2.72. The highest BCUT2D eigenvalue weighted by molar-refractivity contribution is 9.10. The number of carbonyl (C=O) groups is 3. The Labute approximate surface area is 222 Å². The van der Waals surface area contributed by atoms with Crippen molar-refractivity contribution in [1.29, 1.82) is 0 Å². The number of allylic oxidation sites excluding steroid dienone is 1. The minimum Gasteiger partial charge on any atom is -0.497 e. The van der Waals surface area contributed by atoms with Gasteiger partial charge >= 0.3 is 11.9 Å². The van der Waals surface area contributed by atoms with Gasteiger partial charge in [0.1, 0.15) is 34.9 Å². The predicted molar refractivity (Wildman–Crippen MR) is 133 cm³/mol. The lowest BCUT2D eigenvalue weighted by atomic mass is 10.1. The Balaban J connectivity index is 2.10. The zero-order chi connectivity index (χ0) is 25.6. The van der Waals surface area contributed by atoms with Crippen molar-refractivity contribution in [2.75, 3.05) is 13.7 Å². The molecule has 0 N–H and O–H groups in total. The molecule has 186 valence electrons. The smallest absolute Gasteiger partial charge is 0.355 e. The maximum atomic E-state index is 12.8. The molecule has 1 unspecified atom stereocenters. The molecule has 0 spiro atoms. The number of likely N-dealkylation sites (tertiary alicyclic amines) is 1. The number of hydrogen-bond donors (Lipinski definition) is 0. The van der Waals surface area contributed by atoms with Gasteiger partial charge in [-0.15, -0.1) is 0 Å². The molecule has 8 nitrogen and oxygen atoms in total. The van der Waals surface area contributed by atoms with Crippen LogP contribution < -0.4 is 4.74 Å². The number of rotatable bonds is 9. The van der Waals surface area contributed by atoms with Gasteiger partial charge in [-0.05, 0) is 37.1 Å². The van der Waals surface area contributed by atoms with E-state index in [1.807, 2.05) is 0 Å². The van der Waals surface area contributed by atoms with E-state index in [2.05, 4.69) is 15.9 Å². The second kappa shape index (κ2) is 12.4. The fourth-order valence-electron chi connectivity index (χ4n) is 2.77. The van der Waals surface area contributed by atoms with Gasteiger partial charge in [0.05, 0.1) is 17.9 Å². The number of β-lactam (4-membered cyclic amide) rings is 1. The number of esters is 2. The van der Waals surface area contributed by atoms with Crippen LogP contribution >= 0.6 is 50.7 Å². The van der Waals surface area contributed by atoms with Crippen LogP contribution in [0.25, 0.3) is 0 Å². The van der Waals surface area contributed by atoms with Crippen LogP contribution in [0, 0.1) is 0 Å². The van der Waals surface area contributed by atoms with Gasteiger partial charge in [-0.3, -0.25) is 13.9 Å². The Kier molecular flexibility index (Phi) is 10.4. The molecule has 3 atom stereocenters. The topological polar surface area (TPSA) is 99.2 Å². The first-order valence-electron chi connectivity index (χ1n) is 9.61. The zero-order valence-corrected chi connectivity index (χ0v) is 22.9. The molecular formula is C21H21BrCl3NO7S. The van der Waals surface area contributed by atoms with Gasteiger partial charge in [0.15, 0.2) is 0 Å². The maximum absolute atomic E-state index is 12.8. The van der Waals surface area contributed by atoms with Gasteiger partial charge in [-0.25, -0.2) is 9.59 Å². The van der Waals surface area contributed by atoms with E-state index in [0.29, 0.717) is 16.9 Å². The predicted octanol–water partition coefficient (Wildman–Crippen LogP) is 4.14. The second-order valence-electron chi connectivity index (χ2n) is 7.13. The lowest BCUT2D eigenvalue weighted by Crippen LogP contribution is -2.63. The van der Waals surface area contributed by atoms with Crippen LogP contribution in [0.1, 0.15) is 19.4 Å². The first-order valence-corrected chi connectivity index (χ1v) is 12.9. The summed E-state index contributed by atoms with van der Waals surface area (Å²) in [4.78, 5) is 37.4. The molecule has 1 aliphatic rings. The Morgan fingerprint density at radius 2 is 1.79 bits per heavy atom. The van der Waals surface area contributed by atoms with Gasteiger partial charge < -0.3 is 14.2 Å². The molecule has 1 aliphatic heterocycles. The molecule has 0 aliphatic carbocycles. The molecule has 1 saturated heterocycles. The zero-order valence-electron chi connectivity index (χ0n) is 18.3. The van der Waals surface area contributed by atoms with Crippen LogP contribution in [0.5, 0.6) is 5.75 Å². The third kappa shape index (κ3) is 7.71. The average molecular weight is 618 g/mol. The van der Waals surface area contributed by atoms with Crippen molar-refractivity contribution in [2.24, 2.45) is 0 Å². The molecule has 1 heterocycles. The highest BCUT2D eigenvalue weighted by Crippen LogP contribution is 2.35. The minimum absolute atomic E-state index is 0.0280. The monoisotopic (exact) mass is 615 g/mol. The van der Waals surface area contributed by atoms with E-state index in [9.17, 15) is 18.6 Å². The average Bonchev–Trinajstić information content (AvgIpc) is 2.78. The number of ether oxygens (including phenoxy) is 3. The van der Waals surface area contributed by atoms with Gasteiger partial charge in [0, 0.05) is 11.5 Å². The molecule has 0 aromatic heterocycles. The van der Waals surface area contributed by atoms with Crippen LogP contribution in [-0.4, -0.2) is 54.7 Å². The van der Waals surface area contributed by atoms with Gasteiger partial charge in [-0.2, -0.15) is 0 Å². The molecule has 13 heteroatoms. The molecular weight excluding hydrogens is 597 g/mol. The van der Waals surface area contributed by atoms with E-state index < -0.39 is 49.2 Å². The van der Waals surface area contributed by atoms with E-state index in [-0.39, 0.29) is 12.3 Å². The number of amides is 1. The van der Waals surface area contributed by atoms with Crippen LogP contribution in [-0.2, 0) is 41.3 Å². The van der Waals surface area contributed by atoms with Crippen LogP contribution in [0.15, 0.2) is 47.0 Å². The summed E-state index contributed by atoms with van der Waals surface area (Å²) in [5.41, 5.74) is 1.17. The highest BCUT2D eigenvalue weighted by Gasteiger charge is 2.52. The summed E-state index contributed by atoms with van der Waals surface area (Å²) < 4.78 is 26.2. The third-order valence-electron chi connectivity index (χ3n) is 4.37. The number of nitrogens with zero attached hydrogens (tertiary/aromatic N) is 1. The number of carbonyl (C=O) groups excluding carboxylic acids is 3. The van der Waals surface area contributed by atoms with Crippen molar-refractivity contribution < 1.29 is 32.8 Å². The third-order valence-corrected chi connectivity index (χ3v) is 7.30. The fraction of sp³-hybridized carbons (Fsp3) is 0.381. The summed E-state index contributed by atoms with van der Waals surface area (Å²) in [5.74, 6) is -1.45. The lowest BCUT2D eigenvalue weighted by molar-refractivity contribution is -0.149. The quantitative estimate of drug-likeness (QED) is 0.178. The SMILES string of the molecule is COc1ccc(COC(=O)C(=C(C)C)N2C(=O)[C@H](Br)[C@H]2S(=O)C=CC(=O)OCC(Cl)(Cl)Cl)cc1. The Morgan fingerprint density at radius 3 is 2.32 bits per heavy atom. The van der Waals surface area contributed by atoms with Gasteiger partial charge in [0.25, 0.3) is 0 Å². The van der Waals surface area contributed by atoms with E-state index in [4.69, 9.17) is 49.0 Å². The molecule has 2 rings (SSSR count). The van der Waals surface area contributed by atoms with E-state index in [1.54, 1.807) is 45.2 Å². The molecule has 0 saturated carbocycles. The van der Waals surface area contributed by atoms with Crippen molar-refractivity contribution in [1.82, 2.24) is 4.90 Å². The number of halogens is 4. The summed E-state index contributed by atoms with van der Waals surface area (Å²) in [7, 11) is -0.338. The minimum atomic E-state index is -1.88. The highest BCUT2D eigenvalue weighted by atomic mass is 79.9. The normalized spacial score (nSPS) is 18.8. The first-order chi connectivity index (χ1) is 15.9. The lowest BCUT2D eigenvalue weighted by Gasteiger charge is -2.43. The van der Waals surface area contributed by atoms with Gasteiger partial charge in [-0.1, -0.05) is 62.9 Å². The molecule has 1 amide bonds. The van der Waals surface area contributed by atoms with Crippen molar-refractivity contribution in [2.45, 2.75) is 34.4 Å². The largest absolute Gasteiger partial charge is 0.497 e. The number of benzene rings is 1. The fourth-order valence-corrected chi connectivity index (χ4v) is 5.21. The van der Waals surface area contributed by atoms with Crippen molar-refractivity contribution >= 4 is 79.4 Å². The summed E-state index contributed by atoms with van der Waals surface area (Å²) in [5, 5.41) is 0.0906. The summed E-state index contributed by atoms with van der Waals surface area (Å²) in [6, 6.07) is 6.93. The number of hydrogen-bond acceptors (Lipinski definition) is 7. The molecule has 0 bridgehead atoms. The number of methoxy groups -OCH3 is 1. The summed E-state index contributed by atoms with van der Waals surface area (Å²) >= 11 is 19.7.